The Morgan fingerprint density at radius 1 is 0.971 bits per heavy atom. The maximum Gasteiger partial charge on any atom is 0.259 e. The van der Waals surface area contributed by atoms with Crippen LogP contribution in [0.25, 0.3) is 10.8 Å². The molecule has 0 bridgehead atoms. The summed E-state index contributed by atoms with van der Waals surface area (Å²) < 4.78 is 0. The van der Waals surface area contributed by atoms with Crippen molar-refractivity contribution in [3.63, 3.8) is 0 Å². The summed E-state index contributed by atoms with van der Waals surface area (Å²) in [7, 11) is 0. The Morgan fingerprint density at radius 2 is 1.65 bits per heavy atom. The molecule has 176 valence electrons. The molecule has 1 aliphatic rings. The molecule has 0 radical (unpaired) electrons. The molecule has 4 rings (SSSR count). The highest BCUT2D eigenvalue weighted by Crippen LogP contribution is 2.37. The van der Waals surface area contributed by atoms with Crippen LogP contribution in [0.3, 0.4) is 0 Å². The highest BCUT2D eigenvalue weighted by Gasteiger charge is 2.34. The Hall–Kier alpha value is -3.67. The summed E-state index contributed by atoms with van der Waals surface area (Å²) in [6.45, 7) is 8.50. The van der Waals surface area contributed by atoms with E-state index in [2.05, 4.69) is 5.32 Å². The molecule has 6 heteroatoms. The van der Waals surface area contributed by atoms with Crippen LogP contribution in [0, 0.1) is 12.8 Å². The first-order chi connectivity index (χ1) is 16.3. The van der Waals surface area contributed by atoms with Crippen molar-refractivity contribution in [3.8, 4) is 0 Å². The molecule has 0 spiro atoms. The Kier molecular flexibility index (Phi) is 6.68. The van der Waals surface area contributed by atoms with Crippen molar-refractivity contribution in [1.82, 2.24) is 10.2 Å². The minimum atomic E-state index is -0.677. The summed E-state index contributed by atoms with van der Waals surface area (Å²) in [5.74, 6) is -0.357. The number of aryl methyl sites for hydroxylation is 1. The highest BCUT2D eigenvalue weighted by molar-refractivity contribution is 6.26. The molecule has 1 aliphatic heterocycles. The van der Waals surface area contributed by atoms with Gasteiger partial charge in [0.05, 0.1) is 5.69 Å². The Balaban J connectivity index is 1.60. The van der Waals surface area contributed by atoms with Crippen LogP contribution in [0.5, 0.6) is 0 Å². The van der Waals surface area contributed by atoms with Crippen LogP contribution in [-0.4, -0.2) is 41.8 Å². The van der Waals surface area contributed by atoms with Crippen LogP contribution in [-0.2, 0) is 16.1 Å². The van der Waals surface area contributed by atoms with E-state index in [1.54, 1.807) is 17.9 Å². The summed E-state index contributed by atoms with van der Waals surface area (Å²) in [5, 5.41) is 4.77. The van der Waals surface area contributed by atoms with Crippen molar-refractivity contribution in [2.75, 3.05) is 18.0 Å². The first kappa shape index (κ1) is 23.5. The number of carbonyl (C=O) groups excluding carboxylic acids is 3. The van der Waals surface area contributed by atoms with Crippen molar-refractivity contribution < 1.29 is 14.4 Å². The highest BCUT2D eigenvalue weighted by atomic mass is 16.2. The molecule has 1 N–H and O–H groups in total. The lowest BCUT2D eigenvalue weighted by molar-refractivity contribution is -0.139. The van der Waals surface area contributed by atoms with E-state index in [9.17, 15) is 14.4 Å². The smallest absolute Gasteiger partial charge is 0.259 e. The summed E-state index contributed by atoms with van der Waals surface area (Å²) in [5.41, 5.74) is 3.39. The van der Waals surface area contributed by atoms with Crippen LogP contribution in [0.15, 0.2) is 60.7 Å². The SMILES string of the molecule is Cc1ccc(CN(C(=O)CN2C(=O)c3cccc4cccc2c34)[C@@H](C)C(=O)NCC(C)C)cc1. The maximum atomic E-state index is 13.6. The van der Waals surface area contributed by atoms with Gasteiger partial charge in [0, 0.05) is 24.0 Å². The first-order valence-electron chi connectivity index (χ1n) is 11.7. The van der Waals surface area contributed by atoms with Crippen molar-refractivity contribution in [2.24, 2.45) is 5.92 Å². The van der Waals surface area contributed by atoms with Crippen molar-refractivity contribution in [3.05, 3.63) is 77.4 Å². The molecule has 0 unspecified atom stereocenters. The number of hydrogen-bond acceptors (Lipinski definition) is 3. The first-order valence-corrected chi connectivity index (χ1v) is 11.7. The predicted octanol–water partition coefficient (Wildman–Crippen LogP) is 4.30. The summed E-state index contributed by atoms with van der Waals surface area (Å²) in [6, 6.07) is 18.6. The monoisotopic (exact) mass is 457 g/mol. The fraction of sp³-hybridized carbons (Fsp3) is 0.321. The summed E-state index contributed by atoms with van der Waals surface area (Å²) >= 11 is 0. The number of amides is 3. The number of hydrogen-bond donors (Lipinski definition) is 1. The fourth-order valence-corrected chi connectivity index (χ4v) is 4.29. The molecule has 1 heterocycles. The quantitative estimate of drug-likeness (QED) is 0.548. The van der Waals surface area contributed by atoms with Crippen LogP contribution < -0.4 is 10.2 Å². The molecule has 34 heavy (non-hydrogen) atoms. The molecular formula is C28H31N3O3. The molecule has 0 saturated heterocycles. The molecule has 0 aromatic heterocycles. The van der Waals surface area contributed by atoms with Crippen LogP contribution in [0.2, 0.25) is 0 Å². The average molecular weight is 458 g/mol. The van der Waals surface area contributed by atoms with E-state index in [1.165, 1.54) is 4.90 Å². The van der Waals surface area contributed by atoms with Gasteiger partial charge in [-0.1, -0.05) is 67.9 Å². The molecule has 3 amide bonds. The van der Waals surface area contributed by atoms with Gasteiger partial charge in [-0.05, 0) is 42.8 Å². The molecule has 1 atom stereocenters. The Labute approximate surface area is 200 Å². The van der Waals surface area contributed by atoms with Gasteiger partial charge < -0.3 is 10.2 Å². The number of nitrogens with one attached hydrogen (secondary N) is 1. The number of benzene rings is 3. The van der Waals surface area contributed by atoms with Gasteiger partial charge in [0.25, 0.3) is 5.91 Å². The summed E-state index contributed by atoms with van der Waals surface area (Å²) in [4.78, 5) is 42.8. The largest absolute Gasteiger partial charge is 0.354 e. The van der Waals surface area contributed by atoms with Gasteiger partial charge in [-0.3, -0.25) is 19.3 Å². The standard InChI is InChI=1S/C28H31N3O3/c1-18(2)15-29-27(33)20(4)30(16-21-13-11-19(3)12-14-21)25(32)17-31-24-10-6-8-22-7-5-9-23(26(22)24)28(31)34/h5-14,18,20H,15-17H2,1-4H3,(H,29,33)/t20-/m0/s1. The molecule has 3 aromatic rings. The molecule has 0 fully saturated rings. The number of nitrogens with zero attached hydrogens (tertiary/aromatic N) is 2. The second-order valence-corrected chi connectivity index (χ2v) is 9.39. The number of carbonyl (C=O) groups is 3. The van der Waals surface area contributed by atoms with E-state index in [0.29, 0.717) is 18.0 Å². The number of rotatable bonds is 8. The van der Waals surface area contributed by atoms with Crippen LogP contribution >= 0.6 is 0 Å². The topological polar surface area (TPSA) is 69.7 Å². The molecule has 0 aliphatic carbocycles. The normalized spacial score (nSPS) is 13.4. The molecule has 3 aromatic carbocycles. The maximum absolute atomic E-state index is 13.6. The second-order valence-electron chi connectivity index (χ2n) is 9.39. The minimum absolute atomic E-state index is 0.125. The van der Waals surface area contributed by atoms with E-state index >= 15 is 0 Å². The minimum Gasteiger partial charge on any atom is -0.354 e. The van der Waals surface area contributed by atoms with E-state index in [0.717, 1.165) is 27.6 Å². The van der Waals surface area contributed by atoms with Gasteiger partial charge in [0.2, 0.25) is 11.8 Å². The van der Waals surface area contributed by atoms with Gasteiger partial charge in [-0.25, -0.2) is 0 Å². The van der Waals surface area contributed by atoms with Gasteiger partial charge in [-0.2, -0.15) is 0 Å². The Morgan fingerprint density at radius 3 is 2.32 bits per heavy atom. The third kappa shape index (κ3) is 4.67. The third-order valence-corrected chi connectivity index (χ3v) is 6.27. The van der Waals surface area contributed by atoms with Gasteiger partial charge in [0.15, 0.2) is 0 Å². The van der Waals surface area contributed by atoms with E-state index in [1.807, 2.05) is 75.4 Å². The van der Waals surface area contributed by atoms with Crippen molar-refractivity contribution in [2.45, 2.75) is 40.3 Å². The predicted molar refractivity (Wildman–Crippen MR) is 135 cm³/mol. The zero-order valence-corrected chi connectivity index (χ0v) is 20.2. The van der Waals surface area contributed by atoms with Gasteiger partial charge in [-0.15, -0.1) is 0 Å². The van der Waals surface area contributed by atoms with Crippen molar-refractivity contribution >= 4 is 34.2 Å². The lowest BCUT2D eigenvalue weighted by Crippen LogP contribution is -2.51. The van der Waals surface area contributed by atoms with E-state index < -0.39 is 6.04 Å². The summed E-state index contributed by atoms with van der Waals surface area (Å²) in [6.07, 6.45) is 0. The van der Waals surface area contributed by atoms with E-state index in [4.69, 9.17) is 0 Å². The second kappa shape index (κ2) is 9.67. The Bertz CT molecular complexity index is 1230. The molecule has 6 nitrogen and oxygen atoms in total. The van der Waals surface area contributed by atoms with Crippen LogP contribution in [0.4, 0.5) is 5.69 Å². The molecular weight excluding hydrogens is 426 g/mol. The third-order valence-electron chi connectivity index (χ3n) is 6.27. The van der Waals surface area contributed by atoms with Crippen LogP contribution in [0.1, 0.15) is 42.3 Å². The zero-order valence-electron chi connectivity index (χ0n) is 20.2. The lowest BCUT2D eigenvalue weighted by Gasteiger charge is -2.31. The van der Waals surface area contributed by atoms with Gasteiger partial charge >= 0.3 is 0 Å². The van der Waals surface area contributed by atoms with E-state index in [-0.39, 0.29) is 30.8 Å². The fourth-order valence-electron chi connectivity index (χ4n) is 4.29. The molecule has 0 saturated carbocycles. The number of anilines is 1. The lowest BCUT2D eigenvalue weighted by atomic mass is 10.1. The zero-order chi connectivity index (χ0) is 24.4. The average Bonchev–Trinajstić information content (AvgIpc) is 3.09. The van der Waals surface area contributed by atoms with Gasteiger partial charge in [0.1, 0.15) is 12.6 Å². The van der Waals surface area contributed by atoms with Crippen molar-refractivity contribution in [1.29, 1.82) is 0 Å².